The van der Waals surface area contributed by atoms with Crippen LogP contribution in [-0.4, -0.2) is 11.2 Å². The topological polar surface area (TPSA) is 20.2 Å². The maximum atomic E-state index is 9.71. The van der Waals surface area contributed by atoms with E-state index in [2.05, 4.69) is 48.5 Å². The average molecular weight is 285 g/mol. The lowest BCUT2D eigenvalue weighted by Crippen LogP contribution is -2.34. The summed E-state index contributed by atoms with van der Waals surface area (Å²) >= 11 is 0. The highest BCUT2D eigenvalue weighted by Gasteiger charge is 2.35. The minimum Gasteiger partial charge on any atom is -0.393 e. The highest BCUT2D eigenvalue weighted by molar-refractivity contribution is 4.85. The van der Waals surface area contributed by atoms with E-state index in [0.29, 0.717) is 11.3 Å². The largest absolute Gasteiger partial charge is 0.393 e. The van der Waals surface area contributed by atoms with Gasteiger partial charge in [0.2, 0.25) is 0 Å². The molecule has 4 unspecified atom stereocenters. The van der Waals surface area contributed by atoms with E-state index in [1.807, 2.05) is 6.92 Å². The third kappa shape index (κ3) is 7.11. The highest BCUT2D eigenvalue weighted by atomic mass is 16.3. The maximum absolute atomic E-state index is 9.71. The van der Waals surface area contributed by atoms with Crippen molar-refractivity contribution in [1.29, 1.82) is 0 Å². The first-order chi connectivity index (χ1) is 9.11. The van der Waals surface area contributed by atoms with E-state index in [1.54, 1.807) is 0 Å². The number of hydrogen-bond donors (Lipinski definition) is 1. The maximum Gasteiger partial charge on any atom is 0.0514 e. The summed E-state index contributed by atoms with van der Waals surface area (Å²) in [5, 5.41) is 9.71. The summed E-state index contributed by atoms with van der Waals surface area (Å²) < 4.78 is 0. The zero-order valence-corrected chi connectivity index (χ0v) is 15.4. The van der Waals surface area contributed by atoms with Crippen LogP contribution in [0.2, 0.25) is 0 Å². The van der Waals surface area contributed by atoms with Gasteiger partial charge in [0.25, 0.3) is 0 Å². The number of hydrogen-bond acceptors (Lipinski definition) is 1. The molecule has 0 aromatic heterocycles. The molecule has 0 heterocycles. The van der Waals surface area contributed by atoms with Gasteiger partial charge in [-0.25, -0.2) is 0 Å². The number of rotatable bonds is 10. The minimum absolute atomic E-state index is 0.182. The molecular weight excluding hydrogens is 244 g/mol. The van der Waals surface area contributed by atoms with E-state index in [0.717, 1.165) is 24.2 Å². The molecule has 0 spiro atoms. The molecule has 0 saturated carbocycles. The summed E-state index contributed by atoms with van der Waals surface area (Å²) in [6.07, 6.45) is 6.01. The van der Waals surface area contributed by atoms with Crippen LogP contribution < -0.4 is 0 Å². The van der Waals surface area contributed by atoms with Crippen molar-refractivity contribution < 1.29 is 5.11 Å². The van der Waals surface area contributed by atoms with Crippen LogP contribution in [0.1, 0.15) is 87.5 Å². The molecule has 0 saturated heterocycles. The van der Waals surface area contributed by atoms with Gasteiger partial charge in [-0.2, -0.15) is 0 Å². The summed E-state index contributed by atoms with van der Waals surface area (Å²) in [5.41, 5.74) is 0.315. The van der Waals surface area contributed by atoms with Gasteiger partial charge in [-0.1, -0.05) is 61.3 Å². The molecule has 0 aliphatic carbocycles. The molecule has 0 bridgehead atoms. The molecule has 122 valence electrons. The molecule has 20 heavy (non-hydrogen) atoms. The summed E-state index contributed by atoms with van der Waals surface area (Å²) in [6, 6.07) is 0. The van der Waals surface area contributed by atoms with Crippen molar-refractivity contribution in [2.45, 2.75) is 93.6 Å². The smallest absolute Gasteiger partial charge is 0.0514 e. The van der Waals surface area contributed by atoms with Gasteiger partial charge < -0.3 is 5.11 Å². The first-order valence-electron chi connectivity index (χ1n) is 8.79. The molecule has 0 aromatic carbocycles. The quantitative estimate of drug-likeness (QED) is 0.529. The molecule has 0 aromatic rings. The second-order valence-corrected chi connectivity index (χ2v) is 8.22. The van der Waals surface area contributed by atoms with Gasteiger partial charge in [0.05, 0.1) is 6.10 Å². The summed E-state index contributed by atoms with van der Waals surface area (Å²) in [4.78, 5) is 0. The number of aliphatic hydroxyl groups excluding tert-OH is 1. The molecule has 4 atom stereocenters. The van der Waals surface area contributed by atoms with Crippen LogP contribution in [0.5, 0.6) is 0 Å². The van der Waals surface area contributed by atoms with Crippen LogP contribution in [0.4, 0.5) is 0 Å². The Bertz CT molecular complexity index is 242. The molecule has 1 N–H and O–H groups in total. The molecule has 1 nitrogen and oxygen atoms in total. The second kappa shape index (κ2) is 9.07. The third-order valence-corrected chi connectivity index (χ3v) is 5.49. The van der Waals surface area contributed by atoms with Crippen LogP contribution in [0.25, 0.3) is 0 Å². The second-order valence-electron chi connectivity index (χ2n) is 8.22. The van der Waals surface area contributed by atoms with E-state index in [4.69, 9.17) is 0 Å². The normalized spacial score (nSPS) is 18.9. The van der Waals surface area contributed by atoms with Gasteiger partial charge in [-0.05, 0) is 55.3 Å². The Morgan fingerprint density at radius 2 is 1.45 bits per heavy atom. The fourth-order valence-corrected chi connectivity index (χ4v) is 3.20. The zero-order valence-electron chi connectivity index (χ0n) is 15.4. The van der Waals surface area contributed by atoms with Crippen LogP contribution in [-0.2, 0) is 0 Å². The Labute approximate surface area is 128 Å². The van der Waals surface area contributed by atoms with Crippen molar-refractivity contribution >= 4 is 0 Å². The van der Waals surface area contributed by atoms with Gasteiger partial charge >= 0.3 is 0 Å². The molecule has 0 amide bonds. The molecule has 1 heteroatoms. The zero-order chi connectivity index (χ0) is 15.9. The minimum atomic E-state index is -0.182. The van der Waals surface area contributed by atoms with E-state index >= 15 is 0 Å². The van der Waals surface area contributed by atoms with Gasteiger partial charge in [-0.15, -0.1) is 0 Å². The van der Waals surface area contributed by atoms with Crippen LogP contribution in [0, 0.1) is 29.1 Å². The van der Waals surface area contributed by atoms with Gasteiger partial charge in [0.15, 0.2) is 0 Å². The van der Waals surface area contributed by atoms with Crippen molar-refractivity contribution in [2.75, 3.05) is 0 Å². The van der Waals surface area contributed by atoms with E-state index in [1.165, 1.54) is 25.7 Å². The Kier molecular flexibility index (Phi) is 9.06. The molecule has 0 radical (unpaired) electrons. The Hall–Kier alpha value is -0.0400. The monoisotopic (exact) mass is 284 g/mol. The Morgan fingerprint density at radius 1 is 0.900 bits per heavy atom. The van der Waals surface area contributed by atoms with Gasteiger partial charge in [-0.3, -0.25) is 0 Å². The molecule has 0 rings (SSSR count). The van der Waals surface area contributed by atoms with Crippen LogP contribution in [0.15, 0.2) is 0 Å². The van der Waals surface area contributed by atoms with Crippen LogP contribution >= 0.6 is 0 Å². The molecule has 0 aliphatic heterocycles. The molecule has 0 aliphatic rings. The fourth-order valence-electron chi connectivity index (χ4n) is 3.20. The van der Waals surface area contributed by atoms with Gasteiger partial charge in [0.1, 0.15) is 0 Å². The standard InChI is InChI=1S/C19H40O/c1-9-15(4)12-18(11-10-14(2)3)19(7,8)16(5)13-17(6)20/h14-18,20H,9-13H2,1-8H3. The fraction of sp³-hybridized carbons (Fsp3) is 1.00. The Morgan fingerprint density at radius 3 is 1.85 bits per heavy atom. The number of aliphatic hydroxyl groups is 1. The van der Waals surface area contributed by atoms with Crippen molar-refractivity contribution in [1.82, 2.24) is 0 Å². The SMILES string of the molecule is CCC(C)CC(CCC(C)C)C(C)(C)C(C)CC(C)O. The molecule has 0 fully saturated rings. The lowest BCUT2D eigenvalue weighted by molar-refractivity contribution is 0.0543. The first-order valence-corrected chi connectivity index (χ1v) is 8.79. The Balaban J connectivity index is 4.85. The van der Waals surface area contributed by atoms with E-state index in [-0.39, 0.29) is 6.10 Å². The van der Waals surface area contributed by atoms with Crippen molar-refractivity contribution in [3.63, 3.8) is 0 Å². The molecular formula is C19H40O. The van der Waals surface area contributed by atoms with E-state index in [9.17, 15) is 5.11 Å². The first kappa shape index (κ1) is 20.0. The van der Waals surface area contributed by atoms with Gasteiger partial charge in [0, 0.05) is 0 Å². The average Bonchev–Trinajstić information content (AvgIpc) is 2.32. The lowest BCUT2D eigenvalue weighted by Gasteiger charge is -2.42. The van der Waals surface area contributed by atoms with Crippen LogP contribution in [0.3, 0.4) is 0 Å². The van der Waals surface area contributed by atoms with Crippen molar-refractivity contribution in [3.8, 4) is 0 Å². The predicted octanol–water partition coefficient (Wildman–Crippen LogP) is 5.91. The van der Waals surface area contributed by atoms with E-state index < -0.39 is 0 Å². The van der Waals surface area contributed by atoms with Crippen molar-refractivity contribution in [3.05, 3.63) is 0 Å². The summed E-state index contributed by atoms with van der Waals surface area (Å²) in [5.74, 6) is 2.94. The summed E-state index contributed by atoms with van der Waals surface area (Å²) in [6.45, 7) is 18.4. The van der Waals surface area contributed by atoms with Crippen molar-refractivity contribution in [2.24, 2.45) is 29.1 Å². The lowest BCUT2D eigenvalue weighted by atomic mass is 9.64. The highest BCUT2D eigenvalue weighted by Crippen LogP contribution is 2.43. The predicted molar refractivity (Wildman–Crippen MR) is 90.9 cm³/mol. The third-order valence-electron chi connectivity index (χ3n) is 5.49. The summed E-state index contributed by atoms with van der Waals surface area (Å²) in [7, 11) is 0.